The Morgan fingerprint density at radius 1 is 1.31 bits per heavy atom. The second-order valence-electron chi connectivity index (χ2n) is 4.62. The fourth-order valence-corrected chi connectivity index (χ4v) is 3.56. The van der Waals surface area contributed by atoms with Crippen molar-refractivity contribution in [3.63, 3.8) is 0 Å². The van der Waals surface area contributed by atoms with E-state index in [2.05, 4.69) is 44.3 Å². The zero-order valence-corrected chi connectivity index (χ0v) is 11.2. The van der Waals surface area contributed by atoms with E-state index < -0.39 is 0 Å². The highest BCUT2D eigenvalue weighted by molar-refractivity contribution is 7.19. The van der Waals surface area contributed by atoms with Crippen LogP contribution < -0.4 is 5.32 Å². The third-order valence-electron chi connectivity index (χ3n) is 2.87. The highest BCUT2D eigenvalue weighted by Gasteiger charge is 2.14. The zero-order chi connectivity index (χ0) is 11.7. The summed E-state index contributed by atoms with van der Waals surface area (Å²) in [6.45, 7) is 7.71. The maximum Gasteiger partial charge on any atom is 0.0349 e. The molecule has 0 bridgehead atoms. The average Bonchev–Trinajstić information content (AvgIpc) is 2.55. The molecule has 2 rings (SSSR count). The van der Waals surface area contributed by atoms with Crippen molar-refractivity contribution in [3.05, 3.63) is 34.2 Å². The van der Waals surface area contributed by atoms with E-state index in [9.17, 15) is 0 Å². The van der Waals surface area contributed by atoms with E-state index in [-0.39, 0.29) is 0 Å². The summed E-state index contributed by atoms with van der Waals surface area (Å²) in [6, 6.07) is 6.77. The van der Waals surface area contributed by atoms with Gasteiger partial charge in [-0.2, -0.15) is 0 Å². The van der Waals surface area contributed by atoms with E-state index in [0.29, 0.717) is 5.92 Å². The molecule has 1 aromatic carbocycles. The van der Waals surface area contributed by atoms with E-state index in [1.165, 1.54) is 26.1 Å². The molecule has 0 amide bonds. The Bertz CT molecular complexity index is 497. The first-order valence-corrected chi connectivity index (χ1v) is 6.61. The lowest BCUT2D eigenvalue weighted by Crippen LogP contribution is -2.05. The summed E-state index contributed by atoms with van der Waals surface area (Å²) in [5, 5.41) is 4.71. The summed E-state index contributed by atoms with van der Waals surface area (Å²) < 4.78 is 1.42. The first kappa shape index (κ1) is 11.6. The Kier molecular flexibility index (Phi) is 3.31. The van der Waals surface area contributed by atoms with Crippen molar-refractivity contribution in [1.29, 1.82) is 0 Å². The van der Waals surface area contributed by atoms with Gasteiger partial charge in [0.2, 0.25) is 0 Å². The Morgan fingerprint density at radius 3 is 2.69 bits per heavy atom. The van der Waals surface area contributed by atoms with Crippen LogP contribution in [0.1, 0.15) is 35.8 Å². The molecule has 0 aliphatic carbocycles. The molecule has 1 aromatic heterocycles. The molecule has 16 heavy (non-hydrogen) atoms. The van der Waals surface area contributed by atoms with E-state index in [4.69, 9.17) is 0 Å². The van der Waals surface area contributed by atoms with E-state index in [0.717, 1.165) is 6.54 Å². The number of rotatable bonds is 3. The molecule has 1 N–H and O–H groups in total. The molecule has 0 saturated heterocycles. The lowest BCUT2D eigenvalue weighted by molar-refractivity contribution is 0.795. The predicted octanol–water partition coefficient (Wildman–Crippen LogP) is 4.05. The second kappa shape index (κ2) is 4.56. The van der Waals surface area contributed by atoms with Crippen molar-refractivity contribution in [3.8, 4) is 0 Å². The Morgan fingerprint density at radius 2 is 2.06 bits per heavy atom. The summed E-state index contributed by atoms with van der Waals surface area (Å²) in [5.74, 6) is 0.596. The average molecular weight is 233 g/mol. The van der Waals surface area contributed by atoms with Crippen molar-refractivity contribution < 1.29 is 0 Å². The highest BCUT2D eigenvalue weighted by Crippen LogP contribution is 2.36. The van der Waals surface area contributed by atoms with Gasteiger partial charge in [0.05, 0.1) is 0 Å². The summed E-state index contributed by atoms with van der Waals surface area (Å²) >= 11 is 1.92. The number of fused-ring (bicyclic) bond motifs is 1. The largest absolute Gasteiger partial charge is 0.315 e. The Balaban J connectivity index is 2.67. The first-order chi connectivity index (χ1) is 7.63. The molecule has 0 spiro atoms. The molecule has 86 valence electrons. The van der Waals surface area contributed by atoms with Gasteiger partial charge in [0.25, 0.3) is 0 Å². The molecule has 1 heterocycles. The number of aryl methyl sites for hydroxylation is 1. The van der Waals surface area contributed by atoms with Gasteiger partial charge in [-0.3, -0.25) is 0 Å². The molecule has 0 aliphatic heterocycles. The molecule has 2 aromatic rings. The van der Waals surface area contributed by atoms with Crippen molar-refractivity contribution >= 4 is 21.4 Å². The first-order valence-electron chi connectivity index (χ1n) is 5.80. The van der Waals surface area contributed by atoms with Crippen molar-refractivity contribution in [2.24, 2.45) is 0 Å². The molecule has 0 fully saturated rings. The predicted molar refractivity (Wildman–Crippen MR) is 73.4 cm³/mol. The molecule has 0 atom stereocenters. The Hall–Kier alpha value is -0.860. The van der Waals surface area contributed by atoms with Crippen LogP contribution in [0.15, 0.2) is 18.2 Å². The molecule has 2 heteroatoms. The van der Waals surface area contributed by atoms with E-state index >= 15 is 0 Å². The molecular weight excluding hydrogens is 214 g/mol. The molecule has 0 unspecified atom stereocenters. The third kappa shape index (κ3) is 2.00. The van der Waals surface area contributed by atoms with Gasteiger partial charge in [-0.1, -0.05) is 31.5 Å². The quantitative estimate of drug-likeness (QED) is 0.843. The highest BCUT2D eigenvalue weighted by atomic mass is 32.1. The molecule has 1 nitrogen and oxygen atoms in total. The molecule has 0 radical (unpaired) electrons. The second-order valence-corrected chi connectivity index (χ2v) is 5.76. The topological polar surface area (TPSA) is 12.0 Å². The summed E-state index contributed by atoms with van der Waals surface area (Å²) in [6.07, 6.45) is 0. The minimum atomic E-state index is 0.596. The summed E-state index contributed by atoms with van der Waals surface area (Å²) in [4.78, 5) is 1.48. The number of hydrogen-bond acceptors (Lipinski definition) is 2. The van der Waals surface area contributed by atoms with E-state index in [1.807, 2.05) is 18.4 Å². The monoisotopic (exact) mass is 233 g/mol. The molecular formula is C14H19NS. The zero-order valence-electron chi connectivity index (χ0n) is 10.4. The SMILES string of the molecule is CNCc1sc2ccc(C)cc2c1C(C)C. The van der Waals surface area contributed by atoms with Crippen LogP contribution in [-0.2, 0) is 6.54 Å². The van der Waals surface area contributed by atoms with Crippen molar-refractivity contribution in [2.45, 2.75) is 33.2 Å². The van der Waals surface area contributed by atoms with Gasteiger partial charge in [-0.15, -0.1) is 11.3 Å². The fourth-order valence-electron chi connectivity index (χ4n) is 2.21. The maximum absolute atomic E-state index is 3.27. The van der Waals surface area contributed by atoms with Crippen LogP contribution in [0, 0.1) is 6.92 Å². The normalized spacial score (nSPS) is 11.6. The summed E-state index contributed by atoms with van der Waals surface area (Å²) in [7, 11) is 2.01. The summed E-state index contributed by atoms with van der Waals surface area (Å²) in [5.41, 5.74) is 2.88. The van der Waals surface area contributed by atoms with Crippen LogP contribution in [0.4, 0.5) is 0 Å². The van der Waals surface area contributed by atoms with Gasteiger partial charge in [0, 0.05) is 16.1 Å². The molecule has 0 aliphatic rings. The van der Waals surface area contributed by atoms with E-state index in [1.54, 1.807) is 0 Å². The van der Waals surface area contributed by atoms with Crippen LogP contribution in [0.25, 0.3) is 10.1 Å². The van der Waals surface area contributed by atoms with Gasteiger partial charge in [-0.05, 0) is 36.9 Å². The lowest BCUT2D eigenvalue weighted by atomic mass is 9.98. The minimum Gasteiger partial charge on any atom is -0.315 e. The lowest BCUT2D eigenvalue weighted by Gasteiger charge is -2.08. The minimum absolute atomic E-state index is 0.596. The van der Waals surface area contributed by atoms with Gasteiger partial charge >= 0.3 is 0 Å². The van der Waals surface area contributed by atoms with Crippen LogP contribution in [0.2, 0.25) is 0 Å². The Labute approximate surface area is 101 Å². The maximum atomic E-state index is 3.27. The smallest absolute Gasteiger partial charge is 0.0349 e. The standard InChI is InChI=1S/C14H19NS/c1-9(2)14-11-7-10(3)5-6-12(11)16-13(14)8-15-4/h5-7,9,15H,8H2,1-4H3. The van der Waals surface area contributed by atoms with Crippen LogP contribution >= 0.6 is 11.3 Å². The molecule has 0 saturated carbocycles. The van der Waals surface area contributed by atoms with Gasteiger partial charge in [-0.25, -0.2) is 0 Å². The van der Waals surface area contributed by atoms with Crippen LogP contribution in [0.5, 0.6) is 0 Å². The van der Waals surface area contributed by atoms with Crippen molar-refractivity contribution in [1.82, 2.24) is 5.32 Å². The fraction of sp³-hybridized carbons (Fsp3) is 0.429. The number of thiophene rings is 1. The van der Waals surface area contributed by atoms with Crippen LogP contribution in [-0.4, -0.2) is 7.05 Å². The van der Waals surface area contributed by atoms with Gasteiger partial charge in [0.15, 0.2) is 0 Å². The number of benzene rings is 1. The third-order valence-corrected chi connectivity index (χ3v) is 4.06. The number of nitrogens with one attached hydrogen (secondary N) is 1. The van der Waals surface area contributed by atoms with Gasteiger partial charge < -0.3 is 5.32 Å². The van der Waals surface area contributed by atoms with Crippen LogP contribution in [0.3, 0.4) is 0 Å². The van der Waals surface area contributed by atoms with Gasteiger partial charge in [0.1, 0.15) is 0 Å². The van der Waals surface area contributed by atoms with Crippen molar-refractivity contribution in [2.75, 3.05) is 7.05 Å². The number of hydrogen-bond donors (Lipinski definition) is 1.